The lowest BCUT2D eigenvalue weighted by atomic mass is 9.99. The Hall–Kier alpha value is -2.25. The molecule has 1 saturated heterocycles. The number of halogens is 1. The first-order valence-corrected chi connectivity index (χ1v) is 9.55. The normalized spacial score (nSPS) is 18.3. The molecule has 2 N–H and O–H groups in total. The van der Waals surface area contributed by atoms with E-state index in [0.29, 0.717) is 23.0 Å². The topological polar surface area (TPSA) is 83.3 Å². The van der Waals surface area contributed by atoms with Crippen LogP contribution in [-0.4, -0.2) is 49.7 Å². The smallest absolute Gasteiger partial charge is 0.335 e. The summed E-state index contributed by atoms with van der Waals surface area (Å²) in [5, 5.41) is 2.73. The number of nitrogens with zero attached hydrogens (tertiary/aromatic N) is 2. The Morgan fingerprint density at radius 1 is 1.19 bits per heavy atom. The molecule has 2 rings (SSSR count). The van der Waals surface area contributed by atoms with Crippen molar-refractivity contribution in [2.24, 2.45) is 10.9 Å². The summed E-state index contributed by atoms with van der Waals surface area (Å²) in [5.74, 6) is -2.33. The van der Waals surface area contributed by atoms with E-state index in [4.69, 9.17) is 11.6 Å². The van der Waals surface area contributed by atoms with E-state index in [1.165, 1.54) is 4.90 Å². The second-order valence-electron chi connectivity index (χ2n) is 6.46. The maximum Gasteiger partial charge on any atom is 0.335 e. The van der Waals surface area contributed by atoms with E-state index in [0.717, 1.165) is 31.0 Å². The minimum absolute atomic E-state index is 0.359. The number of nitrogens with one attached hydrogen (secondary N) is 2. The second kappa shape index (κ2) is 9.62. The molecule has 27 heavy (non-hydrogen) atoms. The van der Waals surface area contributed by atoms with Crippen LogP contribution in [0.4, 0.5) is 10.5 Å². The van der Waals surface area contributed by atoms with Crippen LogP contribution < -0.4 is 15.1 Å². The fourth-order valence-corrected chi connectivity index (χ4v) is 3.18. The molecule has 1 aromatic carbocycles. The number of aliphatic imine (C=N–C) groups is 1. The zero-order valence-corrected chi connectivity index (χ0v) is 16.7. The first-order chi connectivity index (χ1) is 12.9. The SMILES string of the molecule is CC[NH+](CC)CCCN=C(C)C1C(=O)NC(=O)N(c2ccc(Cl)cc2)C1=O. The number of amides is 4. The highest BCUT2D eigenvalue weighted by molar-refractivity contribution is 6.35. The number of rotatable bonds is 8. The quantitative estimate of drug-likeness (QED) is 0.397. The molecule has 0 saturated carbocycles. The molecule has 8 heteroatoms. The van der Waals surface area contributed by atoms with E-state index in [2.05, 4.69) is 24.2 Å². The molecule has 0 aromatic heterocycles. The molecule has 0 bridgehead atoms. The van der Waals surface area contributed by atoms with Gasteiger partial charge in [-0.05, 0) is 45.0 Å². The van der Waals surface area contributed by atoms with Gasteiger partial charge in [-0.2, -0.15) is 0 Å². The van der Waals surface area contributed by atoms with E-state index in [9.17, 15) is 14.4 Å². The van der Waals surface area contributed by atoms with Crippen molar-refractivity contribution >= 4 is 40.8 Å². The third-order valence-corrected chi connectivity index (χ3v) is 4.97. The van der Waals surface area contributed by atoms with Gasteiger partial charge in [-0.15, -0.1) is 0 Å². The standard InChI is InChI=1S/C19H25ClN4O3/c1-4-23(5-2)12-6-11-21-13(3)16-17(25)22-19(27)24(18(16)26)15-9-7-14(20)8-10-15/h7-10,16H,4-6,11-12H2,1-3H3,(H,22,25,27)/p+1. The van der Waals surface area contributed by atoms with Gasteiger partial charge in [-0.25, -0.2) is 9.69 Å². The lowest BCUT2D eigenvalue weighted by molar-refractivity contribution is -0.896. The molecule has 0 aliphatic carbocycles. The Morgan fingerprint density at radius 3 is 2.41 bits per heavy atom. The zero-order chi connectivity index (χ0) is 20.0. The van der Waals surface area contributed by atoms with Crippen LogP contribution in [0.5, 0.6) is 0 Å². The molecular formula is C19H26ClN4O3+. The van der Waals surface area contributed by atoms with E-state index in [1.807, 2.05) is 0 Å². The van der Waals surface area contributed by atoms with Crippen molar-refractivity contribution < 1.29 is 19.3 Å². The number of hydrogen-bond acceptors (Lipinski definition) is 4. The number of hydrogen-bond donors (Lipinski definition) is 2. The summed E-state index contributed by atoms with van der Waals surface area (Å²) in [6, 6.07) is 5.53. The largest absolute Gasteiger partial charge is 0.335 e. The van der Waals surface area contributed by atoms with Gasteiger partial charge in [0.25, 0.3) is 5.91 Å². The summed E-state index contributed by atoms with van der Waals surface area (Å²) in [6.07, 6.45) is 0.872. The summed E-state index contributed by atoms with van der Waals surface area (Å²) in [6.45, 7) is 9.58. The number of urea groups is 1. The number of imide groups is 2. The molecule has 1 unspecified atom stereocenters. The highest BCUT2D eigenvalue weighted by Crippen LogP contribution is 2.23. The number of barbiturate groups is 1. The maximum atomic E-state index is 12.8. The summed E-state index contributed by atoms with van der Waals surface area (Å²) >= 11 is 5.86. The molecule has 0 radical (unpaired) electrons. The molecule has 1 aromatic rings. The second-order valence-corrected chi connectivity index (χ2v) is 6.90. The molecule has 1 aliphatic heterocycles. The predicted octanol–water partition coefficient (Wildman–Crippen LogP) is 1.31. The van der Waals surface area contributed by atoms with Gasteiger partial charge in [0.2, 0.25) is 5.91 Å². The molecule has 7 nitrogen and oxygen atoms in total. The van der Waals surface area contributed by atoms with Gasteiger partial charge in [0.15, 0.2) is 5.92 Å². The highest BCUT2D eigenvalue weighted by Gasteiger charge is 2.42. The number of carbonyl (C=O) groups is 3. The summed E-state index contributed by atoms with van der Waals surface area (Å²) < 4.78 is 0. The fourth-order valence-electron chi connectivity index (χ4n) is 3.06. The number of quaternary nitrogens is 1. The van der Waals surface area contributed by atoms with E-state index in [-0.39, 0.29) is 0 Å². The Balaban J connectivity index is 2.11. The van der Waals surface area contributed by atoms with Crippen LogP contribution >= 0.6 is 11.6 Å². The van der Waals surface area contributed by atoms with Gasteiger partial charge in [0.1, 0.15) is 0 Å². The van der Waals surface area contributed by atoms with Crippen molar-refractivity contribution in [2.75, 3.05) is 31.1 Å². The van der Waals surface area contributed by atoms with Crippen LogP contribution in [0.15, 0.2) is 29.3 Å². The van der Waals surface area contributed by atoms with Crippen molar-refractivity contribution in [3.05, 3.63) is 29.3 Å². The molecule has 1 aliphatic rings. The van der Waals surface area contributed by atoms with E-state index in [1.54, 1.807) is 31.2 Å². The van der Waals surface area contributed by atoms with Gasteiger partial charge < -0.3 is 4.90 Å². The average Bonchev–Trinajstić information content (AvgIpc) is 2.63. The Bertz CT molecular complexity index is 729. The van der Waals surface area contributed by atoms with Gasteiger partial charge in [-0.3, -0.25) is 19.9 Å². The summed E-state index contributed by atoms with van der Waals surface area (Å²) in [4.78, 5) is 44.1. The third-order valence-electron chi connectivity index (χ3n) is 4.71. The van der Waals surface area contributed by atoms with Crippen LogP contribution in [-0.2, 0) is 9.59 Å². The number of carbonyl (C=O) groups excluding carboxylic acids is 3. The Kier molecular flexibility index (Phi) is 7.50. The van der Waals surface area contributed by atoms with Crippen LogP contribution in [0.3, 0.4) is 0 Å². The van der Waals surface area contributed by atoms with Crippen LogP contribution in [0.25, 0.3) is 0 Å². The van der Waals surface area contributed by atoms with Gasteiger partial charge >= 0.3 is 6.03 Å². The first kappa shape index (κ1) is 21.1. The molecule has 1 fully saturated rings. The maximum absolute atomic E-state index is 12.8. The molecule has 0 spiro atoms. The van der Waals surface area contributed by atoms with E-state index < -0.39 is 23.8 Å². The monoisotopic (exact) mass is 393 g/mol. The van der Waals surface area contributed by atoms with Gasteiger partial charge in [0, 0.05) is 23.7 Å². The number of anilines is 1. The molecule has 146 valence electrons. The first-order valence-electron chi connectivity index (χ1n) is 9.17. The van der Waals surface area contributed by atoms with Crippen molar-refractivity contribution in [3.8, 4) is 0 Å². The lowest BCUT2D eigenvalue weighted by Crippen LogP contribution is -3.11. The Labute approximate surface area is 164 Å². The minimum Gasteiger partial charge on any atom is -0.335 e. The van der Waals surface area contributed by atoms with Gasteiger partial charge in [-0.1, -0.05) is 11.6 Å². The average molecular weight is 394 g/mol. The minimum atomic E-state index is -1.10. The zero-order valence-electron chi connectivity index (χ0n) is 15.9. The van der Waals surface area contributed by atoms with Crippen molar-refractivity contribution in [1.82, 2.24) is 5.32 Å². The molecule has 1 heterocycles. The van der Waals surface area contributed by atoms with Crippen LogP contribution in [0, 0.1) is 5.92 Å². The Morgan fingerprint density at radius 2 is 1.81 bits per heavy atom. The van der Waals surface area contributed by atoms with Gasteiger partial charge in [0.05, 0.1) is 25.3 Å². The molecular weight excluding hydrogens is 368 g/mol. The summed E-state index contributed by atoms with van der Waals surface area (Å²) in [7, 11) is 0. The van der Waals surface area contributed by atoms with Crippen molar-refractivity contribution in [3.63, 3.8) is 0 Å². The lowest BCUT2D eigenvalue weighted by Gasteiger charge is -2.30. The third kappa shape index (κ3) is 5.14. The van der Waals surface area contributed by atoms with Crippen molar-refractivity contribution in [2.45, 2.75) is 27.2 Å². The number of benzene rings is 1. The summed E-state index contributed by atoms with van der Waals surface area (Å²) in [5.41, 5.74) is 0.774. The highest BCUT2D eigenvalue weighted by atomic mass is 35.5. The molecule has 4 amide bonds. The van der Waals surface area contributed by atoms with E-state index >= 15 is 0 Å². The molecule has 1 atom stereocenters. The fraction of sp³-hybridized carbons (Fsp3) is 0.474. The van der Waals surface area contributed by atoms with Crippen LogP contribution in [0.2, 0.25) is 5.02 Å². The van der Waals surface area contributed by atoms with Crippen LogP contribution in [0.1, 0.15) is 27.2 Å². The van der Waals surface area contributed by atoms with Crippen molar-refractivity contribution in [1.29, 1.82) is 0 Å². The predicted molar refractivity (Wildman–Crippen MR) is 105 cm³/mol.